The van der Waals surface area contributed by atoms with Crippen molar-refractivity contribution in [3.63, 3.8) is 0 Å². The molecule has 0 spiro atoms. The molecule has 0 fully saturated rings. The number of nitrogens with one attached hydrogen (secondary N) is 5. The van der Waals surface area contributed by atoms with Crippen LogP contribution in [-0.4, -0.2) is 64.8 Å². The average Bonchev–Trinajstić information content (AvgIpc) is 3.28. The van der Waals surface area contributed by atoms with Gasteiger partial charge in [0.2, 0.25) is 29.5 Å². The smallest absolute Gasteiger partial charge is 0.416 e. The van der Waals surface area contributed by atoms with Crippen molar-refractivity contribution >= 4 is 41.2 Å². The summed E-state index contributed by atoms with van der Waals surface area (Å²) >= 11 is 0. The maximum atomic E-state index is 14.6. The topological polar surface area (TPSA) is 183 Å². The van der Waals surface area contributed by atoms with Crippen molar-refractivity contribution in [2.24, 2.45) is 5.92 Å². The SMILES string of the molecule is CC(C)Cc1ccc(-c2ccc(CC3NC(=O)C(Cc4ccc(C(F)(F)F)cc4)NC(=O)CCC(=O)Nc4ccc(cc4)CC(C(=O)O)NC(=O)C(Cc4ccccc4)NC3=O)cc2)cc1. The fraction of sp³-hybridized carbons (Fsp3) is 0.294. The van der Waals surface area contributed by atoms with Crippen LogP contribution in [0.2, 0.25) is 0 Å². The predicted molar refractivity (Wildman–Crippen MR) is 243 cm³/mol. The Morgan fingerprint density at radius 3 is 1.53 bits per heavy atom. The zero-order chi connectivity index (χ0) is 47.4. The van der Waals surface area contributed by atoms with E-state index in [1.807, 2.05) is 24.3 Å². The molecule has 5 amide bonds. The first-order chi connectivity index (χ1) is 31.5. The van der Waals surface area contributed by atoms with Crippen LogP contribution in [0, 0.1) is 5.92 Å². The van der Waals surface area contributed by atoms with Crippen LogP contribution in [-0.2, 0) is 67.0 Å². The summed E-state index contributed by atoms with van der Waals surface area (Å²) in [6, 6.07) is 29.0. The number of rotatable bonds is 10. The van der Waals surface area contributed by atoms with E-state index < -0.39 is 71.4 Å². The lowest BCUT2D eigenvalue weighted by Crippen LogP contribution is -2.59. The van der Waals surface area contributed by atoms with Gasteiger partial charge < -0.3 is 31.7 Å². The summed E-state index contributed by atoms with van der Waals surface area (Å²) in [7, 11) is 0. The van der Waals surface area contributed by atoms with E-state index in [2.05, 4.69) is 52.6 Å². The van der Waals surface area contributed by atoms with Crippen LogP contribution < -0.4 is 26.6 Å². The molecular formula is C51H52F3N5O7. The second-order valence-electron chi connectivity index (χ2n) is 16.9. The summed E-state index contributed by atoms with van der Waals surface area (Å²) in [6.07, 6.45) is -4.96. The van der Waals surface area contributed by atoms with E-state index >= 15 is 0 Å². The molecule has 6 N–H and O–H groups in total. The van der Waals surface area contributed by atoms with Gasteiger partial charge in [0.05, 0.1) is 5.56 Å². The summed E-state index contributed by atoms with van der Waals surface area (Å²) in [5.74, 6) is -4.59. The third-order valence-corrected chi connectivity index (χ3v) is 11.1. The molecule has 0 radical (unpaired) electrons. The summed E-state index contributed by atoms with van der Waals surface area (Å²) in [5.41, 5.74) is 4.53. The molecule has 4 unspecified atom stereocenters. The quantitative estimate of drug-likeness (QED) is 0.0855. The number of carboxylic acid groups (broad SMARTS) is 1. The minimum atomic E-state index is -4.62. The molecule has 5 aromatic carbocycles. The Morgan fingerprint density at radius 1 is 0.576 bits per heavy atom. The lowest BCUT2D eigenvalue weighted by atomic mass is 9.97. The van der Waals surface area contributed by atoms with E-state index in [0.717, 1.165) is 29.7 Å². The third-order valence-electron chi connectivity index (χ3n) is 11.1. The number of alkyl halides is 3. The van der Waals surface area contributed by atoms with Gasteiger partial charge in [-0.2, -0.15) is 13.2 Å². The van der Waals surface area contributed by atoms with E-state index in [-0.39, 0.29) is 44.1 Å². The Balaban J connectivity index is 1.35. The molecule has 66 heavy (non-hydrogen) atoms. The van der Waals surface area contributed by atoms with Crippen LogP contribution in [0.4, 0.5) is 18.9 Å². The second-order valence-corrected chi connectivity index (χ2v) is 16.9. The molecule has 2 bridgehead atoms. The number of carbonyl (C=O) groups excluding carboxylic acids is 5. The second kappa shape index (κ2) is 22.1. The largest absolute Gasteiger partial charge is 0.480 e. The fourth-order valence-corrected chi connectivity index (χ4v) is 7.61. The molecule has 5 aromatic rings. The van der Waals surface area contributed by atoms with E-state index in [9.17, 15) is 47.0 Å². The standard InChI is InChI=1S/C51H52F3N5O7/c1-31(2)26-33-8-16-37(17-9-33)38-18-10-34(11-19-38)29-43-48(63)58-42(27-32-6-4-3-5-7-32)49(64)59-44(50(65)66)30-36-14-22-40(23-15-36)55-45(60)24-25-46(61)56-41(47(62)57-43)28-35-12-20-39(21-13-35)51(52,53)54/h3-23,31,41-44H,24-30H2,1-2H3,(H,55,60)(H,56,61)(H,57,62)(H,58,63)(H,59,64)(H,65,66). The number of carboxylic acids is 1. The number of halogens is 3. The van der Waals surface area contributed by atoms with Gasteiger partial charge >= 0.3 is 12.1 Å². The van der Waals surface area contributed by atoms with Gasteiger partial charge in [-0.15, -0.1) is 0 Å². The van der Waals surface area contributed by atoms with E-state index in [0.29, 0.717) is 28.3 Å². The molecule has 2 aliphatic heterocycles. The Labute approximate surface area is 380 Å². The molecule has 12 nitrogen and oxygen atoms in total. The molecule has 2 aliphatic rings. The zero-order valence-corrected chi connectivity index (χ0v) is 36.5. The highest BCUT2D eigenvalue weighted by Gasteiger charge is 2.33. The van der Waals surface area contributed by atoms with Crippen molar-refractivity contribution in [2.45, 2.75) is 89.1 Å². The maximum absolute atomic E-state index is 14.6. The molecule has 344 valence electrons. The van der Waals surface area contributed by atoms with Crippen LogP contribution in [0.3, 0.4) is 0 Å². The highest BCUT2D eigenvalue weighted by Crippen LogP contribution is 2.29. The van der Waals surface area contributed by atoms with Crippen molar-refractivity contribution in [2.75, 3.05) is 5.32 Å². The number of carbonyl (C=O) groups is 6. The first-order valence-corrected chi connectivity index (χ1v) is 21.7. The van der Waals surface area contributed by atoms with Crippen molar-refractivity contribution < 1.29 is 47.0 Å². The molecule has 2 heterocycles. The molecule has 7 rings (SSSR count). The molecule has 4 atom stereocenters. The Hall–Kier alpha value is -7.29. The Kier molecular flexibility index (Phi) is 16.1. The van der Waals surface area contributed by atoms with E-state index in [4.69, 9.17) is 0 Å². The zero-order valence-electron chi connectivity index (χ0n) is 36.5. The summed E-state index contributed by atoms with van der Waals surface area (Å²) in [5, 5.41) is 23.5. The lowest BCUT2D eigenvalue weighted by molar-refractivity contribution is -0.142. The number of aliphatic carboxylic acids is 1. The third kappa shape index (κ3) is 14.1. The van der Waals surface area contributed by atoms with Crippen molar-refractivity contribution in [3.05, 3.63) is 161 Å². The molecule has 0 saturated carbocycles. The van der Waals surface area contributed by atoms with Gasteiger partial charge in [-0.1, -0.05) is 117 Å². The normalized spacial score (nSPS) is 19.2. The highest BCUT2D eigenvalue weighted by atomic mass is 19.4. The van der Waals surface area contributed by atoms with Crippen molar-refractivity contribution in [3.8, 4) is 11.1 Å². The number of hydrogen-bond acceptors (Lipinski definition) is 6. The fourth-order valence-electron chi connectivity index (χ4n) is 7.61. The Bertz CT molecular complexity index is 2480. The van der Waals surface area contributed by atoms with Gasteiger partial charge in [-0.25, -0.2) is 4.79 Å². The van der Waals surface area contributed by atoms with Crippen molar-refractivity contribution in [1.82, 2.24) is 21.3 Å². The maximum Gasteiger partial charge on any atom is 0.416 e. The van der Waals surface area contributed by atoms with Crippen LogP contribution >= 0.6 is 0 Å². The van der Waals surface area contributed by atoms with Crippen LogP contribution in [0.25, 0.3) is 11.1 Å². The minimum absolute atomic E-state index is 0.0585. The highest BCUT2D eigenvalue weighted by molar-refractivity contribution is 5.97. The first kappa shape index (κ1) is 48.2. The van der Waals surface area contributed by atoms with Crippen LogP contribution in [0.15, 0.2) is 127 Å². The van der Waals surface area contributed by atoms with Gasteiger partial charge in [0.25, 0.3) is 0 Å². The molecule has 0 saturated heterocycles. The molecule has 0 aliphatic carbocycles. The molecule has 0 aromatic heterocycles. The van der Waals surface area contributed by atoms with E-state index in [1.54, 1.807) is 54.6 Å². The Morgan fingerprint density at radius 2 is 1.03 bits per heavy atom. The summed E-state index contributed by atoms with van der Waals surface area (Å²) in [6.45, 7) is 4.29. The summed E-state index contributed by atoms with van der Waals surface area (Å²) < 4.78 is 40.3. The number of amides is 5. The van der Waals surface area contributed by atoms with Crippen molar-refractivity contribution in [1.29, 1.82) is 0 Å². The molecule has 15 heteroatoms. The average molecular weight is 904 g/mol. The lowest BCUT2D eigenvalue weighted by Gasteiger charge is -2.26. The van der Waals surface area contributed by atoms with Gasteiger partial charge in [0.1, 0.15) is 24.2 Å². The van der Waals surface area contributed by atoms with Gasteiger partial charge in [-0.3, -0.25) is 24.0 Å². The van der Waals surface area contributed by atoms with E-state index in [1.165, 1.54) is 29.8 Å². The summed E-state index contributed by atoms with van der Waals surface area (Å²) in [4.78, 5) is 81.8. The predicted octanol–water partition coefficient (Wildman–Crippen LogP) is 6.60. The monoisotopic (exact) mass is 903 g/mol. The minimum Gasteiger partial charge on any atom is -0.480 e. The first-order valence-electron chi connectivity index (χ1n) is 21.7. The number of benzene rings is 5. The number of fused-ring (bicyclic) bond motifs is 18. The van der Waals surface area contributed by atoms with Gasteiger partial charge in [0, 0.05) is 44.2 Å². The van der Waals surface area contributed by atoms with Crippen LogP contribution in [0.5, 0.6) is 0 Å². The van der Waals surface area contributed by atoms with Crippen LogP contribution in [0.1, 0.15) is 60.1 Å². The van der Waals surface area contributed by atoms with Gasteiger partial charge in [0.15, 0.2) is 0 Å². The molecular weight excluding hydrogens is 852 g/mol. The number of anilines is 1. The number of hydrogen-bond donors (Lipinski definition) is 6. The van der Waals surface area contributed by atoms with Gasteiger partial charge in [-0.05, 0) is 75.5 Å².